The van der Waals surface area contributed by atoms with E-state index in [1.54, 1.807) is 0 Å². The van der Waals surface area contributed by atoms with Gasteiger partial charge in [0.15, 0.2) is 5.78 Å². The summed E-state index contributed by atoms with van der Waals surface area (Å²) in [5, 5.41) is 0. The van der Waals surface area contributed by atoms with Crippen LogP contribution in [0.15, 0.2) is 18.2 Å². The smallest absolute Gasteiger partial charge is 0.165 e. The van der Waals surface area contributed by atoms with Crippen molar-refractivity contribution in [2.45, 2.75) is 41.0 Å². The van der Waals surface area contributed by atoms with Crippen LogP contribution in [-0.4, -0.2) is 5.78 Å². The van der Waals surface area contributed by atoms with E-state index >= 15 is 0 Å². The van der Waals surface area contributed by atoms with Gasteiger partial charge in [-0.2, -0.15) is 0 Å². The Labute approximate surface area is 98.9 Å². The summed E-state index contributed by atoms with van der Waals surface area (Å²) in [7, 11) is 0. The molecule has 1 heteroatoms. The minimum atomic E-state index is 0.104. The van der Waals surface area contributed by atoms with E-state index in [4.69, 9.17) is 0 Å². The van der Waals surface area contributed by atoms with Gasteiger partial charge in [-0.15, -0.1) is 0 Å². The zero-order valence-electron chi connectivity index (χ0n) is 11.0. The summed E-state index contributed by atoms with van der Waals surface area (Å²) in [5.74, 6) is 0.774. The summed E-state index contributed by atoms with van der Waals surface area (Å²) in [5.41, 5.74) is 3.42. The summed E-state index contributed by atoms with van der Waals surface area (Å²) in [4.78, 5) is 12.2. The monoisotopic (exact) mass is 218 g/mol. The molecule has 0 bridgehead atoms. The zero-order valence-corrected chi connectivity index (χ0v) is 11.0. The summed E-state index contributed by atoms with van der Waals surface area (Å²) in [6.45, 7) is 10.4. The first-order chi connectivity index (χ1) is 7.47. The number of benzene rings is 1. The molecular weight excluding hydrogens is 196 g/mol. The second kappa shape index (κ2) is 5.29. The van der Waals surface area contributed by atoms with Crippen molar-refractivity contribution in [2.75, 3.05) is 0 Å². The molecule has 0 amide bonds. The zero-order chi connectivity index (χ0) is 12.3. The average molecular weight is 218 g/mol. The molecule has 0 saturated heterocycles. The van der Waals surface area contributed by atoms with Crippen molar-refractivity contribution >= 4 is 5.78 Å². The van der Waals surface area contributed by atoms with Gasteiger partial charge in [-0.1, -0.05) is 39.8 Å². The quantitative estimate of drug-likeness (QED) is 0.697. The molecule has 0 heterocycles. The molecule has 1 nitrogen and oxygen atoms in total. The number of hydrogen-bond acceptors (Lipinski definition) is 1. The number of carbonyl (C=O) groups is 1. The van der Waals surface area contributed by atoms with Crippen molar-refractivity contribution in [3.8, 4) is 0 Å². The first-order valence-corrected chi connectivity index (χ1v) is 6.11. The Bertz CT molecular complexity index is 377. The molecule has 1 aromatic carbocycles. The van der Waals surface area contributed by atoms with Gasteiger partial charge >= 0.3 is 0 Å². The van der Waals surface area contributed by atoms with Gasteiger partial charge in [0, 0.05) is 11.5 Å². The summed E-state index contributed by atoms with van der Waals surface area (Å²) in [6, 6.07) is 6.06. The van der Waals surface area contributed by atoms with Crippen molar-refractivity contribution < 1.29 is 4.79 Å². The normalized spacial score (nSPS) is 12.9. The van der Waals surface area contributed by atoms with Gasteiger partial charge in [0.2, 0.25) is 0 Å². The lowest BCUT2D eigenvalue weighted by atomic mass is 9.88. The fourth-order valence-corrected chi connectivity index (χ4v) is 1.77. The van der Waals surface area contributed by atoms with E-state index < -0.39 is 0 Å². The van der Waals surface area contributed by atoms with Crippen molar-refractivity contribution in [3.05, 3.63) is 34.9 Å². The Morgan fingerprint density at radius 2 is 1.88 bits per heavy atom. The molecule has 0 aliphatic rings. The van der Waals surface area contributed by atoms with E-state index in [1.165, 1.54) is 11.1 Å². The van der Waals surface area contributed by atoms with Gasteiger partial charge in [-0.05, 0) is 36.5 Å². The number of Topliss-reactive ketones (excluding diaryl/α,β-unsaturated/α-hetero) is 1. The van der Waals surface area contributed by atoms with E-state index in [0.717, 1.165) is 12.0 Å². The third-order valence-corrected chi connectivity index (χ3v) is 3.43. The van der Waals surface area contributed by atoms with Crippen LogP contribution >= 0.6 is 0 Å². The summed E-state index contributed by atoms with van der Waals surface area (Å²) in [6.07, 6.45) is 0.989. The van der Waals surface area contributed by atoms with Crippen molar-refractivity contribution in [2.24, 2.45) is 11.8 Å². The number of aryl methyl sites for hydroxylation is 2. The van der Waals surface area contributed by atoms with Crippen LogP contribution in [0, 0.1) is 18.8 Å². The second-order valence-corrected chi connectivity index (χ2v) is 4.89. The predicted molar refractivity (Wildman–Crippen MR) is 68.9 cm³/mol. The van der Waals surface area contributed by atoms with Gasteiger partial charge in [0.05, 0.1) is 0 Å². The fraction of sp³-hybridized carbons (Fsp3) is 0.533. The molecule has 0 aliphatic heterocycles. The van der Waals surface area contributed by atoms with E-state index in [9.17, 15) is 4.79 Å². The first kappa shape index (κ1) is 13.0. The average Bonchev–Trinajstić information content (AvgIpc) is 2.27. The predicted octanol–water partition coefficient (Wildman–Crippen LogP) is 4.03. The molecule has 0 saturated carbocycles. The molecule has 1 atom stereocenters. The molecule has 0 fully saturated rings. The maximum atomic E-state index is 12.2. The van der Waals surface area contributed by atoms with Crippen molar-refractivity contribution in [3.63, 3.8) is 0 Å². The summed E-state index contributed by atoms with van der Waals surface area (Å²) >= 11 is 0. The second-order valence-electron chi connectivity index (χ2n) is 4.89. The number of rotatable bonds is 4. The van der Waals surface area contributed by atoms with Gasteiger partial charge < -0.3 is 0 Å². The fourth-order valence-electron chi connectivity index (χ4n) is 1.77. The van der Waals surface area contributed by atoms with E-state index in [0.29, 0.717) is 5.92 Å². The van der Waals surface area contributed by atoms with E-state index in [-0.39, 0.29) is 11.7 Å². The van der Waals surface area contributed by atoms with Crippen LogP contribution < -0.4 is 0 Å². The van der Waals surface area contributed by atoms with Crippen LogP contribution in [0.25, 0.3) is 0 Å². The highest BCUT2D eigenvalue weighted by Crippen LogP contribution is 2.19. The van der Waals surface area contributed by atoms with Gasteiger partial charge in [-0.25, -0.2) is 0 Å². The standard InChI is InChI=1S/C15H22O/c1-6-13-9-14(8-7-11(13)4)15(16)12(5)10(2)3/h7-10,12H,6H2,1-5H3. The Morgan fingerprint density at radius 1 is 1.25 bits per heavy atom. The highest BCUT2D eigenvalue weighted by molar-refractivity contribution is 5.98. The van der Waals surface area contributed by atoms with E-state index in [1.807, 2.05) is 13.0 Å². The molecule has 0 aliphatic carbocycles. The lowest BCUT2D eigenvalue weighted by molar-refractivity contribution is 0.0899. The van der Waals surface area contributed by atoms with Gasteiger partial charge in [-0.3, -0.25) is 4.79 Å². The molecule has 1 unspecified atom stereocenters. The Hall–Kier alpha value is -1.11. The lowest BCUT2D eigenvalue weighted by Crippen LogP contribution is -2.17. The first-order valence-electron chi connectivity index (χ1n) is 6.11. The third kappa shape index (κ3) is 2.72. The van der Waals surface area contributed by atoms with Crippen LogP contribution in [-0.2, 0) is 6.42 Å². The highest BCUT2D eigenvalue weighted by atomic mass is 16.1. The van der Waals surface area contributed by atoms with Crippen LogP contribution in [0.1, 0.15) is 49.2 Å². The molecule has 0 N–H and O–H groups in total. The largest absolute Gasteiger partial charge is 0.294 e. The highest BCUT2D eigenvalue weighted by Gasteiger charge is 2.18. The van der Waals surface area contributed by atoms with Crippen molar-refractivity contribution in [1.29, 1.82) is 0 Å². The Morgan fingerprint density at radius 3 is 2.38 bits per heavy atom. The number of carbonyl (C=O) groups excluding carboxylic acids is 1. The van der Waals surface area contributed by atoms with Crippen LogP contribution in [0.5, 0.6) is 0 Å². The maximum absolute atomic E-state index is 12.2. The third-order valence-electron chi connectivity index (χ3n) is 3.43. The molecule has 16 heavy (non-hydrogen) atoms. The molecule has 0 aromatic heterocycles. The molecule has 0 radical (unpaired) electrons. The number of hydrogen-bond donors (Lipinski definition) is 0. The van der Waals surface area contributed by atoms with Crippen LogP contribution in [0.2, 0.25) is 0 Å². The summed E-state index contributed by atoms with van der Waals surface area (Å²) < 4.78 is 0. The van der Waals surface area contributed by atoms with Gasteiger partial charge in [0.1, 0.15) is 0 Å². The topological polar surface area (TPSA) is 17.1 Å². The van der Waals surface area contributed by atoms with Gasteiger partial charge in [0.25, 0.3) is 0 Å². The van der Waals surface area contributed by atoms with Crippen LogP contribution in [0.3, 0.4) is 0 Å². The molecule has 0 spiro atoms. The lowest BCUT2D eigenvalue weighted by Gasteiger charge is -2.15. The van der Waals surface area contributed by atoms with Crippen LogP contribution in [0.4, 0.5) is 0 Å². The van der Waals surface area contributed by atoms with Crippen molar-refractivity contribution in [1.82, 2.24) is 0 Å². The Balaban J connectivity index is 3.01. The number of ketones is 1. The molecule has 1 aromatic rings. The minimum absolute atomic E-state index is 0.104. The Kier molecular flexibility index (Phi) is 4.28. The molecule has 1 rings (SSSR count). The SMILES string of the molecule is CCc1cc(C(=O)C(C)C(C)C)ccc1C. The minimum Gasteiger partial charge on any atom is -0.294 e. The maximum Gasteiger partial charge on any atom is 0.165 e. The molecule has 88 valence electrons. The molecular formula is C15H22O. The van der Waals surface area contributed by atoms with E-state index in [2.05, 4.69) is 39.8 Å².